The van der Waals surface area contributed by atoms with E-state index in [1.165, 1.54) is 10.7 Å². The Morgan fingerprint density at radius 3 is 2.46 bits per heavy atom. The Morgan fingerprint density at radius 1 is 1.31 bits per heavy atom. The predicted octanol–water partition coefficient (Wildman–Crippen LogP) is 2.64. The molecule has 4 N–H and O–H groups in total. The number of rotatable bonds is 5. The van der Waals surface area contributed by atoms with Gasteiger partial charge in [-0.25, -0.2) is 9.31 Å². The van der Waals surface area contributed by atoms with Crippen molar-refractivity contribution < 1.29 is 24.2 Å². The van der Waals surface area contributed by atoms with Gasteiger partial charge in [0, 0.05) is 6.20 Å². The zero-order valence-electron chi connectivity index (χ0n) is 14.2. The molecule has 26 heavy (non-hydrogen) atoms. The van der Waals surface area contributed by atoms with E-state index in [4.69, 9.17) is 32.6 Å². The SMILES string of the molecule is CCOC(=N)CC(=O)OCC.Cl.Nc1nn2cc(Cl)ccc2c1C(=O)O. The molecule has 0 spiro atoms. The zero-order chi connectivity index (χ0) is 19.0. The lowest BCUT2D eigenvalue weighted by Crippen LogP contribution is -2.12. The van der Waals surface area contributed by atoms with Gasteiger partial charge in [0.15, 0.2) is 11.7 Å². The molecule has 0 aliphatic heterocycles. The molecule has 144 valence electrons. The number of hydrogen-bond acceptors (Lipinski definition) is 7. The number of carbonyl (C=O) groups excluding carboxylic acids is 1. The number of ether oxygens (including phenoxy) is 2. The molecule has 2 heterocycles. The molecule has 2 rings (SSSR count). The number of carboxylic acids is 1. The summed E-state index contributed by atoms with van der Waals surface area (Å²) in [4.78, 5) is 21.5. The molecule has 0 saturated carbocycles. The lowest BCUT2D eigenvalue weighted by Gasteiger charge is -2.03. The van der Waals surface area contributed by atoms with Crippen LogP contribution in [-0.4, -0.2) is 45.8 Å². The summed E-state index contributed by atoms with van der Waals surface area (Å²) in [5.41, 5.74) is 5.88. The average Bonchev–Trinajstić information content (AvgIpc) is 2.83. The van der Waals surface area contributed by atoms with Crippen molar-refractivity contribution in [2.45, 2.75) is 20.3 Å². The molecule has 0 atom stereocenters. The highest BCUT2D eigenvalue weighted by molar-refractivity contribution is 6.30. The first-order chi connectivity index (χ1) is 11.8. The van der Waals surface area contributed by atoms with Crippen molar-refractivity contribution >= 4 is 53.2 Å². The highest BCUT2D eigenvalue weighted by Gasteiger charge is 2.16. The number of aromatic nitrogens is 2. The Morgan fingerprint density at radius 2 is 1.92 bits per heavy atom. The van der Waals surface area contributed by atoms with E-state index < -0.39 is 11.9 Å². The van der Waals surface area contributed by atoms with Crippen LogP contribution >= 0.6 is 24.0 Å². The molecule has 0 amide bonds. The van der Waals surface area contributed by atoms with E-state index in [0.29, 0.717) is 23.8 Å². The van der Waals surface area contributed by atoms with E-state index >= 15 is 0 Å². The van der Waals surface area contributed by atoms with Crippen molar-refractivity contribution in [3.05, 3.63) is 28.9 Å². The quantitative estimate of drug-likeness (QED) is 0.393. The number of hydrogen-bond donors (Lipinski definition) is 3. The van der Waals surface area contributed by atoms with Gasteiger partial charge < -0.3 is 20.3 Å². The zero-order valence-corrected chi connectivity index (χ0v) is 15.8. The number of nitrogen functional groups attached to an aromatic ring is 1. The average molecular weight is 407 g/mol. The first kappa shape index (κ1) is 23.5. The van der Waals surface area contributed by atoms with Crippen LogP contribution in [0.25, 0.3) is 5.52 Å². The second-order valence-corrected chi connectivity index (χ2v) is 5.02. The molecule has 0 aliphatic rings. The van der Waals surface area contributed by atoms with Gasteiger partial charge in [-0.3, -0.25) is 10.2 Å². The number of halogens is 2. The smallest absolute Gasteiger partial charge is 0.341 e. The number of carboxylic acid groups (broad SMARTS) is 1. The Hall–Kier alpha value is -2.52. The first-order valence-corrected chi connectivity index (χ1v) is 7.70. The highest BCUT2D eigenvalue weighted by Crippen LogP contribution is 2.19. The topological polar surface area (TPSA) is 140 Å². The van der Waals surface area contributed by atoms with E-state index in [0.717, 1.165) is 0 Å². The van der Waals surface area contributed by atoms with Crippen LogP contribution in [0.15, 0.2) is 18.3 Å². The fraction of sp³-hybridized carbons (Fsp3) is 0.333. The molecule has 0 aromatic carbocycles. The lowest BCUT2D eigenvalue weighted by molar-refractivity contribution is -0.141. The van der Waals surface area contributed by atoms with Crippen LogP contribution in [0.1, 0.15) is 30.6 Å². The molecule has 0 radical (unpaired) electrons. The first-order valence-electron chi connectivity index (χ1n) is 7.32. The Bertz CT molecular complexity index is 763. The van der Waals surface area contributed by atoms with Crippen LogP contribution < -0.4 is 5.73 Å². The number of nitrogens with one attached hydrogen (secondary N) is 1. The number of aromatic carboxylic acids is 1. The number of fused-ring (bicyclic) bond motifs is 1. The molecule has 2 aromatic heterocycles. The summed E-state index contributed by atoms with van der Waals surface area (Å²) in [7, 11) is 0. The second kappa shape index (κ2) is 11.2. The van der Waals surface area contributed by atoms with Crippen molar-refractivity contribution in [2.75, 3.05) is 18.9 Å². The van der Waals surface area contributed by atoms with Crippen molar-refractivity contribution in [1.82, 2.24) is 9.61 Å². The minimum Gasteiger partial charge on any atom is -0.481 e. The molecule has 2 aromatic rings. The van der Waals surface area contributed by atoms with Crippen LogP contribution in [-0.2, 0) is 14.3 Å². The third kappa shape index (κ3) is 6.77. The van der Waals surface area contributed by atoms with E-state index in [1.807, 2.05) is 0 Å². The molecule has 11 heteroatoms. The van der Waals surface area contributed by atoms with Gasteiger partial charge in [-0.2, -0.15) is 0 Å². The monoisotopic (exact) mass is 406 g/mol. The van der Waals surface area contributed by atoms with Crippen LogP contribution in [0.2, 0.25) is 5.02 Å². The maximum absolute atomic E-state index is 10.8. The van der Waals surface area contributed by atoms with Gasteiger partial charge >= 0.3 is 11.9 Å². The summed E-state index contributed by atoms with van der Waals surface area (Å²) in [6, 6.07) is 3.15. The van der Waals surface area contributed by atoms with Crippen LogP contribution in [0, 0.1) is 5.41 Å². The van der Waals surface area contributed by atoms with Crippen LogP contribution in [0.3, 0.4) is 0 Å². The summed E-state index contributed by atoms with van der Waals surface area (Å²) in [5.74, 6) is -1.56. The summed E-state index contributed by atoms with van der Waals surface area (Å²) in [6.07, 6.45) is 1.43. The minimum absolute atomic E-state index is 0. The number of nitrogens with zero attached hydrogens (tertiary/aromatic N) is 2. The Balaban J connectivity index is 0.000000479. The Kier molecular flexibility index (Phi) is 10.1. The maximum atomic E-state index is 10.8. The van der Waals surface area contributed by atoms with Gasteiger partial charge in [0.1, 0.15) is 12.0 Å². The van der Waals surface area contributed by atoms with Crippen molar-refractivity contribution in [2.24, 2.45) is 0 Å². The van der Waals surface area contributed by atoms with E-state index in [-0.39, 0.29) is 36.1 Å². The summed E-state index contributed by atoms with van der Waals surface area (Å²) < 4.78 is 10.7. The summed E-state index contributed by atoms with van der Waals surface area (Å²) in [6.45, 7) is 4.25. The van der Waals surface area contributed by atoms with Gasteiger partial charge in [0.25, 0.3) is 0 Å². The van der Waals surface area contributed by atoms with E-state index in [1.54, 1.807) is 26.0 Å². The molecule has 0 unspecified atom stereocenters. The van der Waals surface area contributed by atoms with Crippen molar-refractivity contribution in [1.29, 1.82) is 5.41 Å². The number of anilines is 1. The molecular formula is C15H20Cl2N4O5. The van der Waals surface area contributed by atoms with Crippen LogP contribution in [0.5, 0.6) is 0 Å². The second-order valence-electron chi connectivity index (χ2n) is 4.58. The molecular weight excluding hydrogens is 387 g/mol. The van der Waals surface area contributed by atoms with Crippen molar-refractivity contribution in [3.8, 4) is 0 Å². The van der Waals surface area contributed by atoms with Gasteiger partial charge in [0.2, 0.25) is 0 Å². The van der Waals surface area contributed by atoms with Gasteiger partial charge in [-0.1, -0.05) is 11.6 Å². The summed E-state index contributed by atoms with van der Waals surface area (Å²) in [5, 5.41) is 20.2. The molecule has 9 nitrogen and oxygen atoms in total. The molecule has 0 saturated heterocycles. The molecule has 0 fully saturated rings. The Labute approximate surface area is 160 Å². The van der Waals surface area contributed by atoms with Gasteiger partial charge in [-0.05, 0) is 26.0 Å². The van der Waals surface area contributed by atoms with Crippen molar-refractivity contribution in [3.63, 3.8) is 0 Å². The van der Waals surface area contributed by atoms with E-state index in [9.17, 15) is 9.59 Å². The third-order valence-electron chi connectivity index (χ3n) is 2.76. The van der Waals surface area contributed by atoms with Gasteiger partial charge in [-0.15, -0.1) is 17.5 Å². The normalized spacial score (nSPS) is 9.50. The minimum atomic E-state index is -1.10. The molecule has 0 aliphatic carbocycles. The largest absolute Gasteiger partial charge is 0.481 e. The van der Waals surface area contributed by atoms with Crippen LogP contribution in [0.4, 0.5) is 5.82 Å². The predicted molar refractivity (Wildman–Crippen MR) is 99.4 cm³/mol. The van der Waals surface area contributed by atoms with Gasteiger partial charge in [0.05, 0.1) is 23.8 Å². The fourth-order valence-electron chi connectivity index (χ4n) is 1.83. The summed E-state index contributed by atoms with van der Waals surface area (Å²) >= 11 is 5.71. The third-order valence-corrected chi connectivity index (χ3v) is 2.99. The number of nitrogens with two attached hydrogens (primary N) is 1. The highest BCUT2D eigenvalue weighted by atomic mass is 35.5. The maximum Gasteiger partial charge on any atom is 0.341 e. The number of carbonyl (C=O) groups is 2. The van der Waals surface area contributed by atoms with E-state index in [2.05, 4.69) is 9.84 Å². The number of pyridine rings is 1. The fourth-order valence-corrected chi connectivity index (χ4v) is 1.99. The standard InChI is InChI=1S/C8H6ClN3O2.C7H13NO3.ClH/c9-4-1-2-5-6(8(13)14)7(10)11-12(5)3-4;1-3-10-6(8)5-7(9)11-4-2;/h1-3H,(H2,10,11)(H,13,14);8H,3-5H2,1-2H3;1H. The molecule has 0 bridgehead atoms. The lowest BCUT2D eigenvalue weighted by atomic mass is 10.2. The number of esters is 1.